The molecule has 3 aromatic rings. The van der Waals surface area contributed by atoms with E-state index in [1.165, 1.54) is 17.6 Å². The first-order valence-corrected chi connectivity index (χ1v) is 7.67. The molecule has 0 saturated carbocycles. The first-order valence-electron chi connectivity index (χ1n) is 7.67. The van der Waals surface area contributed by atoms with Gasteiger partial charge in [0.05, 0.1) is 12.0 Å². The first-order chi connectivity index (χ1) is 12.1. The van der Waals surface area contributed by atoms with Crippen LogP contribution in [0.2, 0.25) is 0 Å². The Labute approximate surface area is 141 Å². The molecule has 9 heteroatoms. The summed E-state index contributed by atoms with van der Waals surface area (Å²) in [4.78, 5) is 37.0. The molecule has 4 rings (SSSR count). The third kappa shape index (κ3) is 2.55. The smallest absolute Gasteiger partial charge is 0.332 e. The van der Waals surface area contributed by atoms with Crippen LogP contribution >= 0.6 is 0 Å². The van der Waals surface area contributed by atoms with E-state index < -0.39 is 12.0 Å². The summed E-state index contributed by atoms with van der Waals surface area (Å²) in [5.41, 5.74) is 2.35. The van der Waals surface area contributed by atoms with Gasteiger partial charge in [-0.05, 0) is 12.1 Å². The highest BCUT2D eigenvalue weighted by molar-refractivity contribution is 5.97. The van der Waals surface area contributed by atoms with Gasteiger partial charge in [0.25, 0.3) is 5.91 Å². The molecule has 3 heterocycles. The molecule has 1 aromatic carbocycles. The normalized spacial score (nSPS) is 16.5. The van der Waals surface area contributed by atoms with Crippen LogP contribution in [0, 0.1) is 0 Å². The highest BCUT2D eigenvalue weighted by Gasteiger charge is 2.38. The van der Waals surface area contributed by atoms with Crippen molar-refractivity contribution in [3.05, 3.63) is 53.9 Å². The van der Waals surface area contributed by atoms with Crippen molar-refractivity contribution in [1.82, 2.24) is 30.0 Å². The SMILES string of the molecule is O=C(O)[C@@H]1c2nc[nH]c2CCN1C(=O)c1ccc(-c2ncn[nH]2)cc1. The highest BCUT2D eigenvalue weighted by atomic mass is 16.4. The minimum atomic E-state index is -1.10. The monoisotopic (exact) mass is 338 g/mol. The predicted molar refractivity (Wildman–Crippen MR) is 85.5 cm³/mol. The minimum Gasteiger partial charge on any atom is -0.479 e. The van der Waals surface area contributed by atoms with Crippen molar-refractivity contribution in [3.63, 3.8) is 0 Å². The molecule has 0 spiro atoms. The number of aromatic nitrogens is 5. The molecule has 0 radical (unpaired) electrons. The number of benzene rings is 1. The van der Waals surface area contributed by atoms with Gasteiger partial charge in [-0.2, -0.15) is 5.10 Å². The maximum atomic E-state index is 12.8. The van der Waals surface area contributed by atoms with Crippen LogP contribution in [0.5, 0.6) is 0 Å². The van der Waals surface area contributed by atoms with Gasteiger partial charge in [-0.15, -0.1) is 0 Å². The summed E-state index contributed by atoms with van der Waals surface area (Å²) in [7, 11) is 0. The maximum Gasteiger partial charge on any atom is 0.332 e. The van der Waals surface area contributed by atoms with E-state index in [1.54, 1.807) is 24.3 Å². The van der Waals surface area contributed by atoms with Crippen LogP contribution < -0.4 is 0 Å². The molecule has 0 unspecified atom stereocenters. The molecule has 1 amide bonds. The van der Waals surface area contributed by atoms with Crippen LogP contribution in [-0.4, -0.2) is 53.6 Å². The number of carboxylic acid groups (broad SMARTS) is 1. The van der Waals surface area contributed by atoms with Gasteiger partial charge in [0.15, 0.2) is 11.9 Å². The number of fused-ring (bicyclic) bond motifs is 1. The van der Waals surface area contributed by atoms with Crippen molar-refractivity contribution in [1.29, 1.82) is 0 Å². The Balaban J connectivity index is 1.63. The second-order valence-electron chi connectivity index (χ2n) is 5.67. The van der Waals surface area contributed by atoms with Gasteiger partial charge in [-0.1, -0.05) is 12.1 Å². The molecule has 1 aliphatic rings. The lowest BCUT2D eigenvalue weighted by atomic mass is 10.0. The lowest BCUT2D eigenvalue weighted by molar-refractivity contribution is -0.143. The molecular formula is C16H14N6O3. The minimum absolute atomic E-state index is 0.314. The zero-order chi connectivity index (χ0) is 17.4. The third-order valence-electron chi connectivity index (χ3n) is 4.24. The fraction of sp³-hybridized carbons (Fsp3) is 0.188. The largest absolute Gasteiger partial charge is 0.479 e. The fourth-order valence-electron chi connectivity index (χ4n) is 3.03. The Morgan fingerprint density at radius 3 is 2.68 bits per heavy atom. The number of rotatable bonds is 3. The van der Waals surface area contributed by atoms with Crippen molar-refractivity contribution in [2.45, 2.75) is 12.5 Å². The molecule has 1 atom stereocenters. The zero-order valence-electron chi connectivity index (χ0n) is 13.0. The van der Waals surface area contributed by atoms with Crippen LogP contribution in [-0.2, 0) is 11.2 Å². The number of carbonyl (C=O) groups is 2. The summed E-state index contributed by atoms with van der Waals surface area (Å²) in [6.07, 6.45) is 3.41. The molecule has 9 nitrogen and oxygen atoms in total. The van der Waals surface area contributed by atoms with Gasteiger partial charge >= 0.3 is 5.97 Å². The summed E-state index contributed by atoms with van der Waals surface area (Å²) in [5, 5.41) is 16.1. The van der Waals surface area contributed by atoms with Crippen molar-refractivity contribution >= 4 is 11.9 Å². The van der Waals surface area contributed by atoms with Crippen LogP contribution in [0.4, 0.5) is 0 Å². The van der Waals surface area contributed by atoms with Crippen LogP contribution in [0.1, 0.15) is 27.8 Å². The maximum absolute atomic E-state index is 12.8. The Morgan fingerprint density at radius 1 is 1.20 bits per heavy atom. The Kier molecular flexibility index (Phi) is 3.53. The van der Waals surface area contributed by atoms with Gasteiger partial charge in [0, 0.05) is 29.8 Å². The summed E-state index contributed by atoms with van der Waals surface area (Å²) in [6.45, 7) is 0.314. The van der Waals surface area contributed by atoms with Gasteiger partial charge in [0.1, 0.15) is 6.33 Å². The molecule has 0 saturated heterocycles. The average Bonchev–Trinajstić information content (AvgIpc) is 3.31. The number of nitrogens with zero attached hydrogens (tertiary/aromatic N) is 4. The highest BCUT2D eigenvalue weighted by Crippen LogP contribution is 2.29. The van der Waals surface area contributed by atoms with E-state index in [0.29, 0.717) is 30.0 Å². The number of hydrogen-bond acceptors (Lipinski definition) is 5. The molecule has 1 aliphatic heterocycles. The van der Waals surface area contributed by atoms with E-state index in [1.807, 2.05) is 0 Å². The lowest BCUT2D eigenvalue weighted by Gasteiger charge is -2.32. The van der Waals surface area contributed by atoms with Crippen LogP contribution in [0.3, 0.4) is 0 Å². The van der Waals surface area contributed by atoms with Crippen LogP contribution in [0.25, 0.3) is 11.4 Å². The summed E-state index contributed by atoms with van der Waals surface area (Å²) < 4.78 is 0. The van der Waals surface area contributed by atoms with Gasteiger partial charge < -0.3 is 15.0 Å². The second-order valence-corrected chi connectivity index (χ2v) is 5.67. The number of aromatic amines is 2. The van der Waals surface area contributed by atoms with Crippen LogP contribution in [0.15, 0.2) is 36.9 Å². The zero-order valence-corrected chi connectivity index (χ0v) is 13.0. The number of carbonyl (C=O) groups excluding carboxylic acids is 1. The quantitative estimate of drug-likeness (QED) is 0.654. The first kappa shape index (κ1) is 15.1. The second kappa shape index (κ2) is 5.86. The molecular weight excluding hydrogens is 324 g/mol. The summed E-state index contributed by atoms with van der Waals surface area (Å²) in [5.74, 6) is -0.841. The Morgan fingerprint density at radius 2 is 2.00 bits per heavy atom. The summed E-state index contributed by atoms with van der Waals surface area (Å²) in [6, 6.07) is 5.70. The third-order valence-corrected chi connectivity index (χ3v) is 4.24. The number of amides is 1. The van der Waals surface area contributed by atoms with E-state index in [0.717, 1.165) is 11.3 Å². The number of carboxylic acids is 1. The van der Waals surface area contributed by atoms with E-state index >= 15 is 0 Å². The molecule has 0 fully saturated rings. The Hall–Kier alpha value is -3.49. The average molecular weight is 338 g/mol. The lowest BCUT2D eigenvalue weighted by Crippen LogP contribution is -2.43. The van der Waals surface area contributed by atoms with E-state index in [2.05, 4.69) is 25.1 Å². The van der Waals surface area contributed by atoms with Crippen molar-refractivity contribution in [2.75, 3.05) is 6.54 Å². The van der Waals surface area contributed by atoms with Crippen molar-refractivity contribution in [3.8, 4) is 11.4 Å². The molecule has 0 bridgehead atoms. The van der Waals surface area contributed by atoms with Gasteiger partial charge in [0.2, 0.25) is 0 Å². The van der Waals surface area contributed by atoms with E-state index in [4.69, 9.17) is 0 Å². The Bertz CT molecular complexity index is 916. The van der Waals surface area contributed by atoms with Gasteiger partial charge in [-0.3, -0.25) is 9.89 Å². The number of imidazole rings is 1. The number of hydrogen-bond donors (Lipinski definition) is 3. The van der Waals surface area contributed by atoms with Crippen molar-refractivity contribution in [2.24, 2.45) is 0 Å². The molecule has 126 valence electrons. The number of nitrogens with one attached hydrogen (secondary N) is 2. The summed E-state index contributed by atoms with van der Waals surface area (Å²) >= 11 is 0. The number of H-pyrrole nitrogens is 2. The molecule has 2 aromatic heterocycles. The van der Waals surface area contributed by atoms with Gasteiger partial charge in [-0.25, -0.2) is 14.8 Å². The molecule has 25 heavy (non-hydrogen) atoms. The van der Waals surface area contributed by atoms with Crippen molar-refractivity contribution < 1.29 is 14.7 Å². The standard InChI is InChI=1S/C16H14N6O3/c23-15(10-3-1-9(2-4-10)14-19-8-20-21-14)22-6-5-11-12(18-7-17-11)13(22)16(24)25/h1-4,7-8,13H,5-6H2,(H,17,18)(H,24,25)(H,19,20,21)/t13-/m0/s1. The topological polar surface area (TPSA) is 128 Å². The fourth-order valence-corrected chi connectivity index (χ4v) is 3.03. The predicted octanol–water partition coefficient (Wildman–Crippen LogP) is 1.02. The molecule has 3 N–H and O–H groups in total. The molecule has 0 aliphatic carbocycles. The van der Waals surface area contributed by atoms with E-state index in [-0.39, 0.29) is 5.91 Å². The number of aliphatic carboxylic acids is 1. The van der Waals surface area contributed by atoms with E-state index in [9.17, 15) is 14.7 Å².